The topological polar surface area (TPSA) is 0 Å². The Morgan fingerprint density at radius 3 is 1.50 bits per heavy atom. The largest absolute Gasteiger partial charge is 0.0636 e. The van der Waals surface area contributed by atoms with E-state index in [1.54, 1.807) is 24.3 Å². The fourth-order valence-electron chi connectivity index (χ4n) is 6.39. The highest BCUT2D eigenvalue weighted by molar-refractivity contribution is 6.22. The summed E-state index contributed by atoms with van der Waals surface area (Å²) in [5.74, 6) is 0. The summed E-state index contributed by atoms with van der Waals surface area (Å²) in [6.07, 6.45) is 0. The van der Waals surface area contributed by atoms with Gasteiger partial charge in [-0.15, -0.1) is 0 Å². The zero-order valence-corrected chi connectivity index (χ0v) is 25.9. The van der Waals surface area contributed by atoms with Crippen molar-refractivity contribution in [3.8, 4) is 44.5 Å². The van der Waals surface area contributed by atoms with Gasteiger partial charge in [-0.25, -0.2) is 0 Å². The average Bonchev–Trinajstić information content (AvgIpc) is 3.36. The zero-order valence-electron chi connectivity index (χ0n) is 46.9. The van der Waals surface area contributed by atoms with Crippen molar-refractivity contribution >= 4 is 53.9 Å². The molecule has 0 saturated heterocycles. The van der Waals surface area contributed by atoms with Gasteiger partial charge in [-0.2, -0.15) is 0 Å². The molecule has 0 fully saturated rings. The van der Waals surface area contributed by atoms with Crippen LogP contribution in [0.4, 0.5) is 0 Å². The van der Waals surface area contributed by atoms with E-state index in [0.29, 0.717) is 0 Å². The Hall–Kier alpha value is -6.50. The molecule has 0 amide bonds. The van der Waals surface area contributed by atoms with Gasteiger partial charge in [0.15, 0.2) is 0 Å². The number of benzene rings is 10. The highest BCUT2D eigenvalue weighted by Gasteiger charge is 2.18. The maximum absolute atomic E-state index is 10.1. The molecule has 0 radical (unpaired) electrons. The van der Waals surface area contributed by atoms with Crippen molar-refractivity contribution in [3.63, 3.8) is 0 Å². The van der Waals surface area contributed by atoms with Crippen LogP contribution in [0.1, 0.15) is 28.8 Å². The monoisotopic (exact) mass is 653 g/mol. The van der Waals surface area contributed by atoms with Crippen molar-refractivity contribution in [2.24, 2.45) is 0 Å². The van der Waals surface area contributed by atoms with E-state index in [1.165, 1.54) is 0 Å². The molecule has 10 rings (SSSR count). The summed E-state index contributed by atoms with van der Waals surface area (Å²) in [5.41, 5.74) is -0.909. The maximum Gasteiger partial charge on any atom is 0.0636 e. The summed E-state index contributed by atoms with van der Waals surface area (Å²) in [6, 6.07) is 3.84. The Balaban J connectivity index is 1.46. The summed E-state index contributed by atoms with van der Waals surface area (Å²) < 4.78 is 191. The maximum atomic E-state index is 10.1. The van der Waals surface area contributed by atoms with Crippen LogP contribution in [0.25, 0.3) is 98.4 Å². The van der Waals surface area contributed by atoms with Crippen LogP contribution in [0.2, 0.25) is 0 Å². The third-order valence-electron chi connectivity index (χ3n) is 8.76. The lowest BCUT2D eigenvalue weighted by molar-refractivity contribution is 1.62. The highest BCUT2D eigenvalue weighted by atomic mass is 14.2. The van der Waals surface area contributed by atoms with Gasteiger partial charge in [0.25, 0.3) is 0 Å². The Morgan fingerprint density at radius 1 is 0.280 bits per heavy atom. The van der Waals surface area contributed by atoms with Gasteiger partial charge >= 0.3 is 0 Å². The molecule has 0 aliphatic heterocycles. The van der Waals surface area contributed by atoms with Gasteiger partial charge in [-0.3, -0.25) is 0 Å². The first kappa shape index (κ1) is 14.5. The highest BCUT2D eigenvalue weighted by Crippen LogP contribution is 2.45. The quantitative estimate of drug-likeness (QED) is 0.166. The van der Waals surface area contributed by atoms with Crippen LogP contribution in [0, 0.1) is 0 Å². The van der Waals surface area contributed by atoms with Crippen LogP contribution < -0.4 is 0 Å². The molecule has 0 bridgehead atoms. The van der Waals surface area contributed by atoms with E-state index in [0.717, 1.165) is 21.9 Å². The van der Waals surface area contributed by atoms with E-state index in [1.807, 2.05) is 42.5 Å². The first-order valence-corrected chi connectivity index (χ1v) is 15.6. The minimum atomic E-state index is -0.866. The van der Waals surface area contributed by atoms with Crippen LogP contribution in [0.3, 0.4) is 0 Å². The number of rotatable bonds is 4. The Bertz CT molecular complexity index is 4110. The molecular formula is C50H32. The standard InChI is InChI=1S/C50H32/c1-4-12-38-29-41(24-19-33(38)9-1)36-17-22-37(23-18-36)49-45-15-7-8-16-46(45)50(44-26-21-35-11-3-6-14-40(35)31-44)48-32-43(27-28-47(48)49)42-25-20-34-10-2-5-13-39(34)30-42/h1-32H/i2D,3D,5D,6D,7D,8D,10D,11D,13D,14D,15D,16D,20D,21D,25D,26D,27D,28D,30D,31D,32D. The minimum absolute atomic E-state index is 0.104. The van der Waals surface area contributed by atoms with Gasteiger partial charge in [-0.1, -0.05) is 169 Å². The van der Waals surface area contributed by atoms with Crippen molar-refractivity contribution in [1.29, 1.82) is 0 Å². The lowest BCUT2D eigenvalue weighted by Crippen LogP contribution is -1.92. The lowest BCUT2D eigenvalue weighted by Gasteiger charge is -2.19. The molecule has 50 heavy (non-hydrogen) atoms. The minimum Gasteiger partial charge on any atom is -0.0616 e. The van der Waals surface area contributed by atoms with E-state index < -0.39 is 181 Å². The van der Waals surface area contributed by atoms with Crippen LogP contribution in [0.15, 0.2) is 194 Å². The molecule has 0 heteroatoms. The molecule has 0 atom stereocenters. The van der Waals surface area contributed by atoms with Crippen LogP contribution >= 0.6 is 0 Å². The van der Waals surface area contributed by atoms with Crippen LogP contribution in [0.5, 0.6) is 0 Å². The molecule has 10 aromatic rings. The van der Waals surface area contributed by atoms with Crippen molar-refractivity contribution in [2.45, 2.75) is 0 Å². The van der Waals surface area contributed by atoms with Crippen molar-refractivity contribution in [2.75, 3.05) is 0 Å². The summed E-state index contributed by atoms with van der Waals surface area (Å²) in [6.45, 7) is 0. The van der Waals surface area contributed by atoms with Gasteiger partial charge in [0.1, 0.15) is 0 Å². The van der Waals surface area contributed by atoms with Gasteiger partial charge in [0.2, 0.25) is 0 Å². The van der Waals surface area contributed by atoms with Gasteiger partial charge in [-0.05, 0) is 123 Å². The fraction of sp³-hybridized carbons (Fsp3) is 0. The van der Waals surface area contributed by atoms with Gasteiger partial charge < -0.3 is 0 Å². The molecule has 0 nitrogen and oxygen atoms in total. The van der Waals surface area contributed by atoms with Crippen LogP contribution in [-0.4, -0.2) is 0 Å². The molecule has 232 valence electrons. The second-order valence-corrected chi connectivity index (χ2v) is 11.6. The molecule has 0 aliphatic carbocycles. The summed E-state index contributed by atoms with van der Waals surface area (Å²) in [7, 11) is 0. The fourth-order valence-corrected chi connectivity index (χ4v) is 6.39. The van der Waals surface area contributed by atoms with Crippen LogP contribution in [-0.2, 0) is 0 Å². The Kier molecular flexibility index (Phi) is 3.37. The SMILES string of the molecule is [2H]c1c([2H])c([2H])c2c([2H])c(-c3c([2H])c([2H])c4c(-c5ccc(-c6ccc7ccccc7c6)cc5)c5c([2H])c([2H])c([2H])c([2H])c5c(-c5c([2H])c([2H])c6c([2H])c([2H])c([2H])c([2H])c6c5[2H])c4c3[2H])c([2H])c([2H])c2c1[2H]. The smallest absolute Gasteiger partial charge is 0.0616 e. The molecular weight excluding hydrogens is 601 g/mol. The third kappa shape index (κ3) is 4.77. The molecule has 0 saturated carbocycles. The van der Waals surface area contributed by atoms with Crippen molar-refractivity contribution in [3.05, 3.63) is 194 Å². The molecule has 0 aromatic heterocycles. The average molecular weight is 654 g/mol. The Labute approximate surface area is 321 Å². The molecule has 0 spiro atoms. The molecule has 0 unspecified atom stereocenters. The number of fused-ring (bicyclic) bond motifs is 5. The zero-order chi connectivity index (χ0) is 51.3. The van der Waals surface area contributed by atoms with E-state index >= 15 is 0 Å². The van der Waals surface area contributed by atoms with E-state index in [-0.39, 0.29) is 21.9 Å². The molecule has 10 aromatic carbocycles. The predicted octanol–water partition coefficient (Wildman–Crippen LogP) is 14.1. The second-order valence-electron chi connectivity index (χ2n) is 11.6. The number of hydrogen-bond acceptors (Lipinski definition) is 0. The first-order valence-electron chi connectivity index (χ1n) is 26.1. The summed E-state index contributed by atoms with van der Waals surface area (Å²) in [5, 5.41) is -1.68. The molecule has 0 heterocycles. The Morgan fingerprint density at radius 2 is 0.780 bits per heavy atom. The lowest BCUT2D eigenvalue weighted by atomic mass is 9.84. The van der Waals surface area contributed by atoms with E-state index in [2.05, 4.69) is 0 Å². The number of hydrogen-bond donors (Lipinski definition) is 0. The predicted molar refractivity (Wildman–Crippen MR) is 216 cm³/mol. The van der Waals surface area contributed by atoms with E-state index in [9.17, 15) is 13.7 Å². The van der Waals surface area contributed by atoms with Crippen molar-refractivity contribution < 1.29 is 28.8 Å². The summed E-state index contributed by atoms with van der Waals surface area (Å²) >= 11 is 0. The molecule has 0 aliphatic rings. The summed E-state index contributed by atoms with van der Waals surface area (Å²) in [4.78, 5) is 0. The van der Waals surface area contributed by atoms with Crippen molar-refractivity contribution in [1.82, 2.24) is 0 Å². The first-order chi connectivity index (χ1) is 33.5. The van der Waals surface area contributed by atoms with Gasteiger partial charge in [0.05, 0.1) is 28.8 Å². The normalized spacial score (nSPS) is 17.5. The van der Waals surface area contributed by atoms with E-state index in [4.69, 9.17) is 15.1 Å². The third-order valence-corrected chi connectivity index (χ3v) is 8.76. The second kappa shape index (κ2) is 11.6. The van der Waals surface area contributed by atoms with Gasteiger partial charge in [0, 0.05) is 0 Å². The molecule has 0 N–H and O–H groups in total.